The van der Waals surface area contributed by atoms with Crippen LogP contribution in [0.4, 0.5) is 13.2 Å². The minimum absolute atomic E-state index is 0.441. The number of nitrogens with zero attached hydrogens (tertiary/aromatic N) is 2. The summed E-state index contributed by atoms with van der Waals surface area (Å²) in [6.45, 7) is 3.65. The van der Waals surface area contributed by atoms with Gasteiger partial charge >= 0.3 is 6.18 Å². The molecule has 1 heterocycles. The van der Waals surface area contributed by atoms with Gasteiger partial charge in [-0.05, 0) is 49.4 Å². The molecule has 0 spiro atoms. The highest BCUT2D eigenvalue weighted by atomic mass is 19.4. The van der Waals surface area contributed by atoms with Crippen LogP contribution in [0.1, 0.15) is 30.4 Å². The highest BCUT2D eigenvalue weighted by Gasteiger charge is 2.34. The number of hydrogen-bond donors (Lipinski definition) is 2. The Morgan fingerprint density at radius 3 is 2.48 bits per heavy atom. The number of aliphatic imine (C=N–C) groups is 1. The molecule has 1 aromatic rings. The third-order valence-corrected chi connectivity index (χ3v) is 4.90. The van der Waals surface area contributed by atoms with Crippen LogP contribution in [-0.2, 0) is 12.7 Å². The summed E-state index contributed by atoms with van der Waals surface area (Å²) in [5, 5.41) is 6.49. The van der Waals surface area contributed by atoms with Gasteiger partial charge in [0.2, 0.25) is 0 Å². The Kier molecular flexibility index (Phi) is 5.51. The molecule has 0 aromatic heterocycles. The number of hydrogen-bond acceptors (Lipinski definition) is 2. The van der Waals surface area contributed by atoms with E-state index in [0.717, 1.165) is 36.8 Å². The van der Waals surface area contributed by atoms with Crippen LogP contribution in [-0.4, -0.2) is 43.6 Å². The van der Waals surface area contributed by atoms with E-state index < -0.39 is 11.7 Å². The molecular formula is C18H25F3N4. The first-order valence-corrected chi connectivity index (χ1v) is 8.80. The van der Waals surface area contributed by atoms with E-state index in [4.69, 9.17) is 0 Å². The minimum atomic E-state index is -4.29. The van der Waals surface area contributed by atoms with Gasteiger partial charge in [-0.2, -0.15) is 13.2 Å². The Balaban J connectivity index is 1.41. The predicted octanol–water partition coefficient (Wildman–Crippen LogP) is 2.85. The number of nitrogens with one attached hydrogen (secondary N) is 2. The third kappa shape index (κ3) is 5.11. The van der Waals surface area contributed by atoms with Gasteiger partial charge in [0, 0.05) is 32.7 Å². The topological polar surface area (TPSA) is 39.7 Å². The number of halogens is 3. The molecule has 1 saturated carbocycles. The van der Waals surface area contributed by atoms with Gasteiger partial charge in [0.25, 0.3) is 0 Å². The molecule has 0 bridgehead atoms. The van der Waals surface area contributed by atoms with Crippen LogP contribution < -0.4 is 10.6 Å². The smallest absolute Gasteiger partial charge is 0.356 e. The van der Waals surface area contributed by atoms with Crippen molar-refractivity contribution < 1.29 is 13.2 Å². The summed E-state index contributed by atoms with van der Waals surface area (Å²) in [6.07, 6.45) is -0.397. The van der Waals surface area contributed by atoms with Crippen molar-refractivity contribution in [3.63, 3.8) is 0 Å². The lowest BCUT2D eigenvalue weighted by Crippen LogP contribution is -2.40. The lowest BCUT2D eigenvalue weighted by Gasteiger charge is -2.17. The van der Waals surface area contributed by atoms with Crippen LogP contribution in [0.2, 0.25) is 0 Å². The quantitative estimate of drug-likeness (QED) is 0.631. The van der Waals surface area contributed by atoms with E-state index in [0.29, 0.717) is 18.4 Å². The van der Waals surface area contributed by atoms with Crippen molar-refractivity contribution in [3.8, 4) is 0 Å². The molecule has 0 amide bonds. The van der Waals surface area contributed by atoms with Crippen LogP contribution in [0.5, 0.6) is 0 Å². The molecule has 2 fully saturated rings. The lowest BCUT2D eigenvalue weighted by atomic mass is 10.1. The molecule has 1 atom stereocenters. The van der Waals surface area contributed by atoms with E-state index >= 15 is 0 Å². The summed E-state index contributed by atoms with van der Waals surface area (Å²) in [5.41, 5.74) is 0.164. The van der Waals surface area contributed by atoms with Crippen molar-refractivity contribution in [1.82, 2.24) is 15.5 Å². The van der Waals surface area contributed by atoms with Gasteiger partial charge in [-0.3, -0.25) is 4.99 Å². The number of benzene rings is 1. The third-order valence-electron chi connectivity index (χ3n) is 4.90. The van der Waals surface area contributed by atoms with E-state index in [2.05, 4.69) is 20.5 Å². The average molecular weight is 354 g/mol. The fourth-order valence-corrected chi connectivity index (χ4v) is 3.26. The van der Waals surface area contributed by atoms with Gasteiger partial charge < -0.3 is 15.5 Å². The maximum Gasteiger partial charge on any atom is 0.416 e. The summed E-state index contributed by atoms with van der Waals surface area (Å²) in [4.78, 5) is 6.76. The summed E-state index contributed by atoms with van der Waals surface area (Å²) >= 11 is 0. The number of guanidine groups is 1. The van der Waals surface area contributed by atoms with Crippen LogP contribution in [0.15, 0.2) is 29.3 Å². The Morgan fingerprint density at radius 1 is 1.16 bits per heavy atom. The lowest BCUT2D eigenvalue weighted by molar-refractivity contribution is -0.137. The highest BCUT2D eigenvalue weighted by molar-refractivity contribution is 5.79. The molecule has 0 radical (unpaired) electrons. The van der Waals surface area contributed by atoms with Crippen molar-refractivity contribution in [2.45, 2.75) is 38.0 Å². The Morgan fingerprint density at radius 2 is 1.88 bits per heavy atom. The molecule has 1 aliphatic heterocycles. The van der Waals surface area contributed by atoms with Crippen LogP contribution in [0, 0.1) is 5.92 Å². The van der Waals surface area contributed by atoms with E-state index in [1.54, 1.807) is 7.05 Å². The highest BCUT2D eigenvalue weighted by Crippen LogP contribution is 2.31. The SMILES string of the molecule is CN=C(NCc1ccc(C(F)(F)F)cc1)NCC1CCN(C2CC2)C1. The molecule has 4 nitrogen and oxygen atoms in total. The van der Waals surface area contributed by atoms with Gasteiger partial charge in [-0.1, -0.05) is 12.1 Å². The van der Waals surface area contributed by atoms with Gasteiger partial charge in [0.05, 0.1) is 5.56 Å². The van der Waals surface area contributed by atoms with Crippen molar-refractivity contribution >= 4 is 5.96 Å². The monoisotopic (exact) mass is 354 g/mol. The maximum absolute atomic E-state index is 12.6. The predicted molar refractivity (Wildman–Crippen MR) is 92.3 cm³/mol. The second-order valence-electron chi connectivity index (χ2n) is 6.88. The van der Waals surface area contributed by atoms with E-state index in [1.165, 1.54) is 37.9 Å². The Bertz CT molecular complexity index is 593. The fraction of sp³-hybridized carbons (Fsp3) is 0.611. The molecule has 25 heavy (non-hydrogen) atoms. The standard InChI is InChI=1S/C18H25F3N4/c1-22-17(24-11-14-8-9-25(12-14)16-6-7-16)23-10-13-2-4-15(5-3-13)18(19,20)21/h2-5,14,16H,6-12H2,1H3,(H2,22,23,24). The maximum atomic E-state index is 12.6. The molecule has 2 aliphatic rings. The number of alkyl halides is 3. The van der Waals surface area contributed by atoms with Crippen LogP contribution in [0.25, 0.3) is 0 Å². The van der Waals surface area contributed by atoms with Gasteiger partial charge in [0.15, 0.2) is 5.96 Å². The molecule has 1 aromatic carbocycles. The summed E-state index contributed by atoms with van der Waals surface area (Å²) in [7, 11) is 1.70. The molecule has 1 aliphatic carbocycles. The van der Waals surface area contributed by atoms with Crippen molar-refractivity contribution in [2.75, 3.05) is 26.7 Å². The Labute approximate surface area is 146 Å². The van der Waals surface area contributed by atoms with Crippen molar-refractivity contribution in [3.05, 3.63) is 35.4 Å². The first-order chi connectivity index (χ1) is 12.0. The molecule has 1 saturated heterocycles. The van der Waals surface area contributed by atoms with Crippen LogP contribution in [0.3, 0.4) is 0 Å². The average Bonchev–Trinajstić information content (AvgIpc) is 3.33. The first-order valence-electron chi connectivity index (χ1n) is 8.80. The second-order valence-corrected chi connectivity index (χ2v) is 6.88. The minimum Gasteiger partial charge on any atom is -0.356 e. The zero-order chi connectivity index (χ0) is 17.9. The second kappa shape index (κ2) is 7.64. The van der Waals surface area contributed by atoms with E-state index in [1.807, 2.05) is 0 Å². The van der Waals surface area contributed by atoms with E-state index in [-0.39, 0.29) is 0 Å². The first kappa shape index (κ1) is 18.0. The number of rotatable bonds is 5. The molecule has 1 unspecified atom stereocenters. The van der Waals surface area contributed by atoms with Crippen molar-refractivity contribution in [2.24, 2.45) is 10.9 Å². The summed E-state index contributed by atoms with van der Waals surface area (Å²) < 4.78 is 37.7. The van der Waals surface area contributed by atoms with Gasteiger partial charge in [0.1, 0.15) is 0 Å². The normalized spacial score (nSPS) is 22.2. The van der Waals surface area contributed by atoms with E-state index in [9.17, 15) is 13.2 Å². The summed E-state index contributed by atoms with van der Waals surface area (Å²) in [6, 6.07) is 6.03. The van der Waals surface area contributed by atoms with Crippen LogP contribution >= 0.6 is 0 Å². The number of likely N-dealkylation sites (tertiary alicyclic amines) is 1. The molecular weight excluding hydrogens is 329 g/mol. The van der Waals surface area contributed by atoms with Gasteiger partial charge in [-0.15, -0.1) is 0 Å². The van der Waals surface area contributed by atoms with Gasteiger partial charge in [-0.25, -0.2) is 0 Å². The van der Waals surface area contributed by atoms with Crippen molar-refractivity contribution in [1.29, 1.82) is 0 Å². The molecule has 7 heteroatoms. The Hall–Kier alpha value is -1.76. The molecule has 2 N–H and O–H groups in total. The summed E-state index contributed by atoms with van der Waals surface area (Å²) in [5.74, 6) is 1.31. The molecule has 3 rings (SSSR count). The largest absolute Gasteiger partial charge is 0.416 e. The fourth-order valence-electron chi connectivity index (χ4n) is 3.26. The zero-order valence-electron chi connectivity index (χ0n) is 14.4. The molecule has 138 valence electrons. The zero-order valence-corrected chi connectivity index (χ0v) is 14.4.